The van der Waals surface area contributed by atoms with Gasteiger partial charge in [-0.1, -0.05) is 270 Å². The number of ether oxygens (including phenoxy) is 7. The molecule has 0 bridgehead atoms. The van der Waals surface area contributed by atoms with Crippen LogP contribution in [0.2, 0.25) is 0 Å². The Hall–Kier alpha value is -2.56. The van der Waals surface area contributed by atoms with E-state index < -0.39 is 156 Å². The molecule has 1 saturated carbocycles. The minimum absolute atomic E-state index is 0.0386. The highest BCUT2D eigenvalue weighted by molar-refractivity contribution is 7.47. The second kappa shape index (κ2) is 55.0. The fraction of sp³-hybridized carbons (Fsp3) is 0.904. The zero-order chi connectivity index (χ0) is 71.8. The summed E-state index contributed by atoms with van der Waals surface area (Å²) in [4.78, 5) is 50.9. The van der Waals surface area contributed by atoms with Crippen molar-refractivity contribution < 1.29 is 117 Å². The molecular weight excluding hydrogens is 1290 g/mol. The van der Waals surface area contributed by atoms with Crippen LogP contribution in [0.5, 0.6) is 0 Å². The molecule has 18 atom stereocenters. The Labute approximate surface area is 585 Å². The molecular formula is C73H133O24P. The average Bonchev–Trinajstić information content (AvgIpc) is 0.763. The maximum atomic E-state index is 14.3. The third-order valence-electron chi connectivity index (χ3n) is 18.8. The molecule has 0 radical (unpaired) electrons. The molecule has 2 aliphatic heterocycles. The minimum Gasteiger partial charge on any atom is -0.462 e. The topological polar surface area (TPSA) is 374 Å². The SMILES string of the molecule is CCCCCCCCCCCCC/C=C/C=C/C(=O)OCC1OC(OC2C(O)C(O)C(O)C(OC3OC(CO)C(O)C(O)C3O)C2OP(=O)(O)OCC(COC(=O)CCCCCCCCCCCCCCCCC)OC(=O)CCCCCCCCCCCCCCC)C(O)C(O)C1O. The molecule has 0 aromatic heterocycles. The van der Waals surface area contributed by atoms with Gasteiger partial charge in [-0.2, -0.15) is 0 Å². The van der Waals surface area contributed by atoms with Crippen molar-refractivity contribution in [3.05, 3.63) is 24.3 Å². The van der Waals surface area contributed by atoms with Crippen LogP contribution in [0.3, 0.4) is 0 Å². The van der Waals surface area contributed by atoms with Crippen molar-refractivity contribution in [3.63, 3.8) is 0 Å². The van der Waals surface area contributed by atoms with Crippen LogP contribution < -0.4 is 0 Å². The lowest BCUT2D eigenvalue weighted by Crippen LogP contribution is -2.69. The van der Waals surface area contributed by atoms with Crippen LogP contribution >= 0.6 is 7.82 Å². The number of allylic oxidation sites excluding steroid dienone is 3. The summed E-state index contributed by atoms with van der Waals surface area (Å²) in [5, 5.41) is 110. The van der Waals surface area contributed by atoms with Gasteiger partial charge in [0.1, 0.15) is 98.7 Å². The monoisotopic (exact) mass is 1420 g/mol. The quantitative estimate of drug-likeness (QED) is 0.00673. The Morgan fingerprint density at radius 3 is 1.20 bits per heavy atom. The van der Waals surface area contributed by atoms with E-state index in [9.17, 15) is 74.9 Å². The van der Waals surface area contributed by atoms with E-state index in [1.165, 1.54) is 167 Å². The average molecular weight is 1430 g/mol. The van der Waals surface area contributed by atoms with Gasteiger partial charge in [-0.25, -0.2) is 9.36 Å². The first-order chi connectivity index (χ1) is 47.3. The van der Waals surface area contributed by atoms with E-state index in [1.807, 2.05) is 6.08 Å². The Morgan fingerprint density at radius 1 is 0.418 bits per heavy atom. The molecule has 0 amide bonds. The Bertz CT molecular complexity index is 2120. The van der Waals surface area contributed by atoms with E-state index in [2.05, 4.69) is 20.8 Å². The molecule has 3 rings (SSSR count). The van der Waals surface area contributed by atoms with Gasteiger partial charge in [-0.3, -0.25) is 18.6 Å². The number of carbonyl (C=O) groups is 3. The molecule has 24 nitrogen and oxygen atoms in total. The van der Waals surface area contributed by atoms with Crippen LogP contribution in [-0.2, 0) is 61.2 Å². The first-order valence-electron chi connectivity index (χ1n) is 38.2. The molecule has 25 heteroatoms. The third-order valence-corrected chi connectivity index (χ3v) is 19.8. The smallest absolute Gasteiger partial charge is 0.462 e. The summed E-state index contributed by atoms with van der Waals surface area (Å²) in [5.41, 5.74) is 0. The molecule has 2 heterocycles. The Balaban J connectivity index is 1.74. The largest absolute Gasteiger partial charge is 0.472 e. The van der Waals surface area contributed by atoms with E-state index in [-0.39, 0.29) is 12.8 Å². The van der Waals surface area contributed by atoms with Crippen molar-refractivity contribution in [2.45, 2.75) is 395 Å². The maximum absolute atomic E-state index is 14.3. The van der Waals surface area contributed by atoms with Gasteiger partial charge in [-0.15, -0.1) is 0 Å². The van der Waals surface area contributed by atoms with Crippen molar-refractivity contribution in [2.75, 3.05) is 26.4 Å². The fourth-order valence-corrected chi connectivity index (χ4v) is 13.6. The summed E-state index contributed by atoms with van der Waals surface area (Å²) in [5.74, 6) is -2.21. The molecule has 0 aromatic rings. The van der Waals surface area contributed by atoms with Crippen molar-refractivity contribution >= 4 is 25.7 Å². The molecule has 2 saturated heterocycles. The van der Waals surface area contributed by atoms with Gasteiger partial charge in [0.2, 0.25) is 0 Å². The van der Waals surface area contributed by atoms with Crippen molar-refractivity contribution in [1.29, 1.82) is 0 Å². The number of hydrogen-bond donors (Lipinski definition) is 11. The van der Waals surface area contributed by atoms with Gasteiger partial charge >= 0.3 is 25.7 Å². The second-order valence-corrected chi connectivity index (χ2v) is 28.9. The van der Waals surface area contributed by atoms with Crippen LogP contribution in [-0.4, -0.2) is 204 Å². The molecule has 3 fully saturated rings. The predicted molar refractivity (Wildman–Crippen MR) is 370 cm³/mol. The van der Waals surface area contributed by atoms with Gasteiger partial charge in [0, 0.05) is 18.9 Å². The van der Waals surface area contributed by atoms with Crippen molar-refractivity contribution in [1.82, 2.24) is 0 Å². The summed E-state index contributed by atoms with van der Waals surface area (Å²) in [7, 11) is -5.70. The molecule has 1 aliphatic carbocycles. The van der Waals surface area contributed by atoms with E-state index in [1.54, 1.807) is 6.08 Å². The molecule has 18 unspecified atom stereocenters. The summed E-state index contributed by atoms with van der Waals surface area (Å²) in [6.45, 7) is 3.37. The highest BCUT2D eigenvalue weighted by Crippen LogP contribution is 2.49. The molecule has 98 heavy (non-hydrogen) atoms. The second-order valence-electron chi connectivity index (χ2n) is 27.4. The van der Waals surface area contributed by atoms with Gasteiger partial charge in [0.05, 0.1) is 13.2 Å². The third kappa shape index (κ3) is 37.7. The normalized spacial score (nSPS) is 27.7. The van der Waals surface area contributed by atoms with E-state index in [0.29, 0.717) is 12.8 Å². The fourth-order valence-electron chi connectivity index (χ4n) is 12.6. The van der Waals surface area contributed by atoms with Crippen LogP contribution in [0.4, 0.5) is 0 Å². The summed E-state index contributed by atoms with van der Waals surface area (Å²) in [6, 6.07) is 0. The first kappa shape index (κ1) is 89.7. The highest BCUT2D eigenvalue weighted by Gasteiger charge is 2.58. The van der Waals surface area contributed by atoms with E-state index >= 15 is 0 Å². The standard InChI is InChI=1S/C73H133O24P/c1-4-7-10-13-16-19-22-25-27-30-32-35-38-41-44-47-57(75)89-51-54(92-59(77)49-46-43-40-37-34-29-24-21-18-15-12-9-6-3)52-91-98(87,88)97-71-69(95-72-67(85)62(80)60(78)55(50-74)93-72)65(83)64(82)66(84)70(71)96-73-68(86)63(81)61(79)56(94-73)53-90-58(76)48-45-42-39-36-33-31-28-26-23-20-17-14-11-8-5-2/h39,42,45,48,54-56,60-74,78-86H,4-38,40-41,43-44,46-47,49-53H2,1-3H3,(H,87,88)/b42-39+,48-45+. The zero-order valence-corrected chi connectivity index (χ0v) is 60.7. The number of unbranched alkanes of at least 4 members (excludes halogenated alkanes) is 37. The highest BCUT2D eigenvalue weighted by atomic mass is 31.2. The minimum atomic E-state index is -5.70. The molecule has 574 valence electrons. The maximum Gasteiger partial charge on any atom is 0.472 e. The molecule has 11 N–H and O–H groups in total. The number of aliphatic hydroxyl groups is 10. The first-order valence-corrected chi connectivity index (χ1v) is 39.7. The number of rotatable bonds is 59. The number of phosphoric acid groups is 1. The number of aliphatic hydroxyl groups excluding tert-OH is 10. The van der Waals surface area contributed by atoms with Crippen LogP contribution in [0.1, 0.15) is 290 Å². The lowest BCUT2D eigenvalue weighted by Gasteiger charge is -2.49. The Kier molecular flexibility index (Phi) is 50.3. The van der Waals surface area contributed by atoms with Gasteiger partial charge < -0.3 is 89.1 Å². The van der Waals surface area contributed by atoms with Crippen LogP contribution in [0.25, 0.3) is 0 Å². The number of esters is 3. The van der Waals surface area contributed by atoms with Gasteiger partial charge in [0.25, 0.3) is 0 Å². The summed E-state index contributed by atoms with van der Waals surface area (Å²) >= 11 is 0. The van der Waals surface area contributed by atoms with Crippen molar-refractivity contribution in [3.8, 4) is 0 Å². The summed E-state index contributed by atoms with van der Waals surface area (Å²) < 4.78 is 64.8. The Morgan fingerprint density at radius 2 is 0.786 bits per heavy atom. The van der Waals surface area contributed by atoms with Crippen molar-refractivity contribution in [2.24, 2.45) is 0 Å². The lowest BCUT2D eigenvalue weighted by molar-refractivity contribution is -0.360. The summed E-state index contributed by atoms with van der Waals surface area (Å²) in [6.07, 6.45) is 15.9. The molecule has 3 aliphatic rings. The lowest BCUT2D eigenvalue weighted by atomic mass is 9.84. The number of hydrogen-bond acceptors (Lipinski definition) is 23. The molecule has 0 spiro atoms. The van der Waals surface area contributed by atoms with Gasteiger partial charge in [-0.05, 0) is 25.7 Å². The predicted octanol–water partition coefficient (Wildman–Crippen LogP) is 10.5. The number of carbonyl (C=O) groups excluding carboxylic acids is 3. The zero-order valence-electron chi connectivity index (χ0n) is 59.8. The number of phosphoric ester groups is 1. The van der Waals surface area contributed by atoms with Gasteiger partial charge in [0.15, 0.2) is 18.7 Å². The van der Waals surface area contributed by atoms with E-state index in [4.69, 9.17) is 42.2 Å². The molecule has 0 aromatic carbocycles. The van der Waals surface area contributed by atoms with Crippen LogP contribution in [0.15, 0.2) is 24.3 Å². The van der Waals surface area contributed by atoms with E-state index in [0.717, 1.165) is 89.5 Å². The van der Waals surface area contributed by atoms with Crippen LogP contribution in [0, 0.1) is 0 Å².